The predicted molar refractivity (Wildman–Crippen MR) is 81.3 cm³/mol. The molecule has 21 heavy (non-hydrogen) atoms. The van der Waals surface area contributed by atoms with E-state index in [9.17, 15) is 0 Å². The summed E-state index contributed by atoms with van der Waals surface area (Å²) in [6.45, 7) is 10.0. The monoisotopic (exact) mass is 293 g/mol. The van der Waals surface area contributed by atoms with Gasteiger partial charge in [0.1, 0.15) is 11.6 Å². The molecule has 2 aliphatic heterocycles. The topological polar surface area (TPSA) is 57.4 Å². The maximum absolute atomic E-state index is 8.96. The van der Waals surface area contributed by atoms with E-state index >= 15 is 0 Å². The summed E-state index contributed by atoms with van der Waals surface area (Å²) in [5.74, 6) is 2.86. The van der Waals surface area contributed by atoms with Crippen molar-refractivity contribution >= 4 is 0 Å². The molecule has 1 aromatic rings. The van der Waals surface area contributed by atoms with E-state index in [4.69, 9.17) is 5.11 Å². The number of fused-ring (bicyclic) bond motifs is 1. The molecular formula is C15H27N5O. The molecule has 1 saturated heterocycles. The molecule has 0 amide bonds. The van der Waals surface area contributed by atoms with Gasteiger partial charge >= 0.3 is 0 Å². The van der Waals surface area contributed by atoms with Gasteiger partial charge in [0.05, 0.1) is 0 Å². The van der Waals surface area contributed by atoms with Gasteiger partial charge in [0.25, 0.3) is 0 Å². The summed E-state index contributed by atoms with van der Waals surface area (Å²) < 4.78 is 2.37. The summed E-state index contributed by atoms with van der Waals surface area (Å²) in [4.78, 5) is 4.93. The SMILES string of the molecule is CCN1CCc2nnc(C3CCN(CCCO)C3)n2CC1. The number of hydrogen-bond acceptors (Lipinski definition) is 5. The van der Waals surface area contributed by atoms with E-state index in [1.807, 2.05) is 0 Å². The van der Waals surface area contributed by atoms with Crippen LogP contribution in [0.1, 0.15) is 37.3 Å². The van der Waals surface area contributed by atoms with Crippen molar-refractivity contribution in [2.24, 2.45) is 0 Å². The molecule has 1 atom stereocenters. The highest BCUT2D eigenvalue weighted by atomic mass is 16.3. The maximum Gasteiger partial charge on any atom is 0.137 e. The molecule has 0 bridgehead atoms. The van der Waals surface area contributed by atoms with Crippen molar-refractivity contribution in [3.05, 3.63) is 11.6 Å². The molecular weight excluding hydrogens is 266 g/mol. The smallest absolute Gasteiger partial charge is 0.137 e. The molecule has 6 nitrogen and oxygen atoms in total. The van der Waals surface area contributed by atoms with Gasteiger partial charge in [0, 0.05) is 51.7 Å². The summed E-state index contributed by atoms with van der Waals surface area (Å²) in [5.41, 5.74) is 0. The number of aliphatic hydroxyl groups is 1. The van der Waals surface area contributed by atoms with Gasteiger partial charge in [-0.25, -0.2) is 0 Å². The van der Waals surface area contributed by atoms with E-state index in [1.165, 1.54) is 12.2 Å². The van der Waals surface area contributed by atoms with Gasteiger partial charge in [-0.1, -0.05) is 6.92 Å². The highest BCUT2D eigenvalue weighted by molar-refractivity contribution is 5.07. The van der Waals surface area contributed by atoms with Crippen LogP contribution in [-0.4, -0.2) is 75.5 Å². The summed E-state index contributed by atoms with van der Waals surface area (Å²) in [6, 6.07) is 0. The van der Waals surface area contributed by atoms with Gasteiger partial charge in [-0.2, -0.15) is 0 Å². The first kappa shape index (κ1) is 14.9. The fraction of sp³-hybridized carbons (Fsp3) is 0.867. The highest BCUT2D eigenvalue weighted by Gasteiger charge is 2.29. The molecule has 0 spiro atoms. The summed E-state index contributed by atoms with van der Waals surface area (Å²) in [5, 5.41) is 17.9. The zero-order chi connectivity index (χ0) is 14.7. The Bertz CT molecular complexity index is 461. The highest BCUT2D eigenvalue weighted by Crippen LogP contribution is 2.27. The van der Waals surface area contributed by atoms with Crippen LogP contribution in [0, 0.1) is 0 Å². The summed E-state index contributed by atoms with van der Waals surface area (Å²) >= 11 is 0. The molecule has 0 radical (unpaired) electrons. The number of likely N-dealkylation sites (N-methyl/N-ethyl adjacent to an activating group) is 1. The third-order valence-corrected chi connectivity index (χ3v) is 4.86. The predicted octanol–water partition coefficient (Wildman–Crippen LogP) is 0.328. The number of nitrogens with zero attached hydrogens (tertiary/aromatic N) is 5. The molecule has 0 aromatic carbocycles. The Hall–Kier alpha value is -0.980. The number of likely N-dealkylation sites (tertiary alicyclic amines) is 1. The minimum Gasteiger partial charge on any atom is -0.396 e. The van der Waals surface area contributed by atoms with Crippen molar-refractivity contribution in [3.63, 3.8) is 0 Å². The van der Waals surface area contributed by atoms with Crippen LogP contribution in [0.4, 0.5) is 0 Å². The Morgan fingerprint density at radius 3 is 2.86 bits per heavy atom. The van der Waals surface area contributed by atoms with Crippen LogP contribution in [-0.2, 0) is 13.0 Å². The second-order valence-corrected chi connectivity index (χ2v) is 6.17. The lowest BCUT2D eigenvalue weighted by Crippen LogP contribution is -2.27. The summed E-state index contributed by atoms with van der Waals surface area (Å²) in [6.07, 6.45) is 3.05. The van der Waals surface area contributed by atoms with Crippen molar-refractivity contribution in [1.82, 2.24) is 24.6 Å². The molecule has 3 heterocycles. The van der Waals surface area contributed by atoms with Gasteiger partial charge in [-0.15, -0.1) is 10.2 Å². The number of aliphatic hydroxyl groups excluding tert-OH is 1. The Balaban J connectivity index is 1.67. The lowest BCUT2D eigenvalue weighted by atomic mass is 10.1. The molecule has 0 aliphatic carbocycles. The van der Waals surface area contributed by atoms with Gasteiger partial charge in [-0.05, 0) is 25.9 Å². The van der Waals surface area contributed by atoms with Crippen LogP contribution < -0.4 is 0 Å². The van der Waals surface area contributed by atoms with Crippen molar-refractivity contribution in [2.75, 3.05) is 45.9 Å². The van der Waals surface area contributed by atoms with Crippen molar-refractivity contribution in [2.45, 2.75) is 38.6 Å². The normalized spacial score (nSPS) is 24.2. The number of hydrogen-bond donors (Lipinski definition) is 1. The van der Waals surface area contributed by atoms with Crippen molar-refractivity contribution in [1.29, 1.82) is 0 Å². The first-order chi connectivity index (χ1) is 10.3. The fourth-order valence-electron chi connectivity index (χ4n) is 3.55. The van der Waals surface area contributed by atoms with Gasteiger partial charge in [-0.3, -0.25) is 0 Å². The minimum absolute atomic E-state index is 0.286. The Labute approximate surface area is 126 Å². The lowest BCUT2D eigenvalue weighted by Gasteiger charge is -2.17. The van der Waals surface area contributed by atoms with Crippen LogP contribution in [0.2, 0.25) is 0 Å². The molecule has 1 unspecified atom stereocenters. The zero-order valence-corrected chi connectivity index (χ0v) is 13.0. The van der Waals surface area contributed by atoms with E-state index in [-0.39, 0.29) is 6.61 Å². The molecule has 3 rings (SSSR count). The van der Waals surface area contributed by atoms with Gasteiger partial charge < -0.3 is 19.5 Å². The Kier molecular flexibility index (Phi) is 4.87. The zero-order valence-electron chi connectivity index (χ0n) is 13.0. The third-order valence-electron chi connectivity index (χ3n) is 4.86. The standard InChI is InChI=1S/C15H27N5O/c1-2-18-8-5-14-16-17-15(20(14)10-9-18)13-4-7-19(12-13)6-3-11-21/h13,21H,2-12H2,1H3. The molecule has 0 saturated carbocycles. The van der Waals surface area contributed by atoms with Crippen LogP contribution in [0.3, 0.4) is 0 Å². The molecule has 118 valence electrons. The maximum atomic E-state index is 8.96. The third kappa shape index (κ3) is 3.27. The van der Waals surface area contributed by atoms with Crippen molar-refractivity contribution < 1.29 is 5.11 Å². The first-order valence-electron chi connectivity index (χ1n) is 8.29. The van der Waals surface area contributed by atoms with Gasteiger partial charge in [0.2, 0.25) is 0 Å². The van der Waals surface area contributed by atoms with Crippen LogP contribution >= 0.6 is 0 Å². The van der Waals surface area contributed by atoms with Crippen LogP contribution in [0.5, 0.6) is 0 Å². The lowest BCUT2D eigenvalue weighted by molar-refractivity contribution is 0.246. The molecule has 6 heteroatoms. The van der Waals surface area contributed by atoms with E-state index in [0.29, 0.717) is 5.92 Å². The number of rotatable bonds is 5. The average molecular weight is 293 g/mol. The Morgan fingerprint density at radius 2 is 2.05 bits per heavy atom. The Morgan fingerprint density at radius 1 is 1.14 bits per heavy atom. The quantitative estimate of drug-likeness (QED) is 0.848. The fourth-order valence-corrected chi connectivity index (χ4v) is 3.55. The average Bonchev–Trinajstić information content (AvgIpc) is 3.07. The summed E-state index contributed by atoms with van der Waals surface area (Å²) in [7, 11) is 0. The minimum atomic E-state index is 0.286. The number of aromatic nitrogens is 3. The van der Waals surface area contributed by atoms with E-state index < -0.39 is 0 Å². The molecule has 1 N–H and O–H groups in total. The van der Waals surface area contributed by atoms with Crippen LogP contribution in [0.15, 0.2) is 0 Å². The molecule has 2 aliphatic rings. The first-order valence-corrected chi connectivity index (χ1v) is 8.29. The molecule has 1 fully saturated rings. The second kappa shape index (κ2) is 6.85. The van der Waals surface area contributed by atoms with E-state index in [2.05, 4.69) is 31.5 Å². The van der Waals surface area contributed by atoms with Gasteiger partial charge in [0.15, 0.2) is 0 Å². The van der Waals surface area contributed by atoms with Crippen LogP contribution in [0.25, 0.3) is 0 Å². The second-order valence-electron chi connectivity index (χ2n) is 6.17. The largest absolute Gasteiger partial charge is 0.396 e. The van der Waals surface area contributed by atoms with E-state index in [1.54, 1.807) is 0 Å². The van der Waals surface area contributed by atoms with E-state index in [0.717, 1.165) is 64.5 Å². The van der Waals surface area contributed by atoms with Crippen molar-refractivity contribution in [3.8, 4) is 0 Å². The molecule has 1 aromatic heterocycles.